The van der Waals surface area contributed by atoms with Crippen molar-refractivity contribution in [2.45, 2.75) is 18.3 Å². The van der Waals surface area contributed by atoms with Crippen LogP contribution in [0, 0.1) is 0 Å². The Morgan fingerprint density at radius 2 is 2.05 bits per heavy atom. The highest BCUT2D eigenvalue weighted by atomic mass is 16.5. The van der Waals surface area contributed by atoms with Crippen LogP contribution in [0.15, 0.2) is 30.5 Å². The van der Waals surface area contributed by atoms with Crippen LogP contribution in [0.25, 0.3) is 10.8 Å². The van der Waals surface area contributed by atoms with Gasteiger partial charge in [0, 0.05) is 11.6 Å². The van der Waals surface area contributed by atoms with Gasteiger partial charge in [0.1, 0.15) is 11.2 Å². The van der Waals surface area contributed by atoms with Crippen LogP contribution in [0.3, 0.4) is 0 Å². The summed E-state index contributed by atoms with van der Waals surface area (Å²) in [4.78, 5) is 16.4. The second-order valence-electron chi connectivity index (χ2n) is 4.82. The summed E-state index contributed by atoms with van der Waals surface area (Å²) in [7, 11) is 3.07. The summed E-state index contributed by atoms with van der Waals surface area (Å²) in [5.74, 6) is 0.607. The summed E-state index contributed by atoms with van der Waals surface area (Å²) >= 11 is 0. The minimum absolute atomic E-state index is 0.191. The number of esters is 1. The zero-order chi connectivity index (χ0) is 13.5. The van der Waals surface area contributed by atoms with Crippen molar-refractivity contribution in [3.8, 4) is 5.75 Å². The van der Waals surface area contributed by atoms with E-state index >= 15 is 0 Å². The maximum atomic E-state index is 12.0. The number of aromatic nitrogens is 1. The first-order valence-corrected chi connectivity index (χ1v) is 6.23. The van der Waals surface area contributed by atoms with E-state index in [9.17, 15) is 4.79 Å². The molecule has 1 aliphatic carbocycles. The van der Waals surface area contributed by atoms with Gasteiger partial charge in [-0.25, -0.2) is 0 Å². The van der Waals surface area contributed by atoms with E-state index in [2.05, 4.69) is 4.98 Å². The van der Waals surface area contributed by atoms with Gasteiger partial charge < -0.3 is 9.47 Å². The van der Waals surface area contributed by atoms with E-state index in [1.807, 2.05) is 24.3 Å². The molecule has 4 heteroatoms. The minimum atomic E-state index is -0.539. The van der Waals surface area contributed by atoms with E-state index < -0.39 is 5.41 Å². The van der Waals surface area contributed by atoms with E-state index in [0.717, 1.165) is 35.1 Å². The number of nitrogens with zero attached hydrogens (tertiary/aromatic N) is 1. The predicted octanol–water partition coefficient (Wildman–Crippen LogP) is 2.45. The van der Waals surface area contributed by atoms with Gasteiger partial charge in [0.05, 0.1) is 19.9 Å². The Balaban J connectivity index is 2.17. The van der Waals surface area contributed by atoms with E-state index in [1.165, 1.54) is 7.11 Å². The lowest BCUT2D eigenvalue weighted by Crippen LogP contribution is -2.23. The Morgan fingerprint density at radius 1 is 1.26 bits per heavy atom. The molecular weight excluding hydrogens is 242 g/mol. The lowest BCUT2D eigenvalue weighted by molar-refractivity contribution is -0.143. The Morgan fingerprint density at radius 3 is 2.68 bits per heavy atom. The first-order chi connectivity index (χ1) is 9.21. The number of hydrogen-bond acceptors (Lipinski definition) is 4. The molecule has 0 radical (unpaired) electrons. The fourth-order valence-electron chi connectivity index (χ4n) is 2.52. The molecule has 0 unspecified atom stereocenters. The molecule has 1 saturated carbocycles. The number of fused-ring (bicyclic) bond motifs is 1. The van der Waals surface area contributed by atoms with Gasteiger partial charge >= 0.3 is 5.97 Å². The second-order valence-corrected chi connectivity index (χ2v) is 4.82. The molecule has 0 spiro atoms. The number of methoxy groups -OCH3 is 2. The van der Waals surface area contributed by atoms with Gasteiger partial charge in [-0.1, -0.05) is 0 Å². The van der Waals surface area contributed by atoms with Crippen LogP contribution in [0.2, 0.25) is 0 Å². The molecule has 1 fully saturated rings. The number of hydrogen-bond donors (Lipinski definition) is 0. The molecule has 2 aromatic rings. The fraction of sp³-hybridized carbons (Fsp3) is 0.333. The van der Waals surface area contributed by atoms with Crippen LogP contribution < -0.4 is 4.74 Å². The Hall–Kier alpha value is -2.10. The van der Waals surface area contributed by atoms with Gasteiger partial charge in [-0.15, -0.1) is 0 Å². The average molecular weight is 257 g/mol. The number of carbonyl (C=O) groups excluding carboxylic acids is 1. The Kier molecular flexibility index (Phi) is 2.66. The zero-order valence-corrected chi connectivity index (χ0v) is 11.0. The van der Waals surface area contributed by atoms with Gasteiger partial charge in [-0.2, -0.15) is 0 Å². The fourth-order valence-corrected chi connectivity index (χ4v) is 2.52. The summed E-state index contributed by atoms with van der Waals surface area (Å²) in [6, 6.07) is 7.73. The van der Waals surface area contributed by atoms with Crippen molar-refractivity contribution in [1.82, 2.24) is 4.98 Å². The molecule has 0 atom stereocenters. The highest BCUT2D eigenvalue weighted by molar-refractivity contribution is 5.94. The van der Waals surface area contributed by atoms with Crippen molar-refractivity contribution in [3.63, 3.8) is 0 Å². The lowest BCUT2D eigenvalue weighted by atomic mass is 9.96. The Labute approximate surface area is 111 Å². The summed E-state index contributed by atoms with van der Waals surface area (Å²) in [5.41, 5.74) is 0.280. The van der Waals surface area contributed by atoms with Crippen molar-refractivity contribution in [2.24, 2.45) is 0 Å². The first kappa shape index (κ1) is 12.0. The normalized spacial score (nSPS) is 16.1. The van der Waals surface area contributed by atoms with Gasteiger partial charge in [0.2, 0.25) is 0 Å². The van der Waals surface area contributed by atoms with Crippen molar-refractivity contribution >= 4 is 16.7 Å². The second kappa shape index (κ2) is 4.23. The van der Waals surface area contributed by atoms with Crippen LogP contribution >= 0.6 is 0 Å². The number of rotatable bonds is 3. The van der Waals surface area contributed by atoms with Crippen LogP contribution in [-0.2, 0) is 14.9 Å². The lowest BCUT2D eigenvalue weighted by Gasteiger charge is -2.14. The SMILES string of the molecule is COC(=O)C1(c2nccc3cc(OC)ccc23)CC1. The van der Waals surface area contributed by atoms with Crippen molar-refractivity contribution < 1.29 is 14.3 Å². The van der Waals surface area contributed by atoms with Crippen LogP contribution in [0.5, 0.6) is 5.75 Å². The summed E-state index contributed by atoms with van der Waals surface area (Å²) in [6.07, 6.45) is 3.34. The summed E-state index contributed by atoms with van der Waals surface area (Å²) in [6.45, 7) is 0. The monoisotopic (exact) mass is 257 g/mol. The summed E-state index contributed by atoms with van der Waals surface area (Å²) < 4.78 is 10.1. The highest BCUT2D eigenvalue weighted by Gasteiger charge is 2.54. The topological polar surface area (TPSA) is 48.4 Å². The molecule has 1 aromatic carbocycles. The third-order valence-electron chi connectivity index (χ3n) is 3.75. The van der Waals surface area contributed by atoms with Crippen molar-refractivity contribution in [2.75, 3.05) is 14.2 Å². The molecule has 3 rings (SSSR count). The quantitative estimate of drug-likeness (QED) is 0.792. The minimum Gasteiger partial charge on any atom is -0.497 e. The number of ether oxygens (including phenoxy) is 2. The van der Waals surface area contributed by atoms with Gasteiger partial charge in [-0.3, -0.25) is 9.78 Å². The van der Waals surface area contributed by atoms with Crippen molar-refractivity contribution in [1.29, 1.82) is 0 Å². The summed E-state index contributed by atoms with van der Waals surface area (Å²) in [5, 5.41) is 2.02. The van der Waals surface area contributed by atoms with Crippen LogP contribution in [0.4, 0.5) is 0 Å². The smallest absolute Gasteiger partial charge is 0.317 e. The molecule has 0 amide bonds. The number of pyridine rings is 1. The van der Waals surface area contributed by atoms with E-state index in [0.29, 0.717) is 0 Å². The first-order valence-electron chi connectivity index (χ1n) is 6.23. The Bertz CT molecular complexity index is 647. The van der Waals surface area contributed by atoms with E-state index in [-0.39, 0.29) is 5.97 Å². The number of carbonyl (C=O) groups is 1. The molecule has 19 heavy (non-hydrogen) atoms. The third kappa shape index (κ3) is 1.75. The molecule has 4 nitrogen and oxygen atoms in total. The van der Waals surface area contributed by atoms with Gasteiger partial charge in [-0.05, 0) is 42.5 Å². The molecule has 0 saturated heterocycles. The maximum Gasteiger partial charge on any atom is 0.317 e. The van der Waals surface area contributed by atoms with Crippen molar-refractivity contribution in [3.05, 3.63) is 36.2 Å². The molecule has 0 N–H and O–H groups in total. The molecular formula is C15H15NO3. The standard InChI is InChI=1S/C15H15NO3/c1-18-11-3-4-12-10(9-11)5-8-16-13(12)15(6-7-15)14(17)19-2/h3-5,8-9H,6-7H2,1-2H3. The largest absolute Gasteiger partial charge is 0.497 e. The molecule has 0 aliphatic heterocycles. The average Bonchev–Trinajstić information content (AvgIpc) is 3.26. The van der Waals surface area contributed by atoms with Gasteiger partial charge in [0.25, 0.3) is 0 Å². The van der Waals surface area contributed by atoms with Gasteiger partial charge in [0.15, 0.2) is 0 Å². The van der Waals surface area contributed by atoms with E-state index in [4.69, 9.17) is 9.47 Å². The van der Waals surface area contributed by atoms with Crippen LogP contribution in [-0.4, -0.2) is 25.2 Å². The third-order valence-corrected chi connectivity index (χ3v) is 3.75. The van der Waals surface area contributed by atoms with E-state index in [1.54, 1.807) is 13.3 Å². The maximum absolute atomic E-state index is 12.0. The number of benzene rings is 1. The van der Waals surface area contributed by atoms with Crippen LogP contribution in [0.1, 0.15) is 18.5 Å². The zero-order valence-electron chi connectivity index (χ0n) is 11.0. The molecule has 0 bridgehead atoms. The molecule has 1 aliphatic rings. The predicted molar refractivity (Wildman–Crippen MR) is 71.2 cm³/mol. The highest BCUT2D eigenvalue weighted by Crippen LogP contribution is 2.50. The molecule has 1 aromatic heterocycles. The molecule has 1 heterocycles. The molecule has 98 valence electrons.